The topological polar surface area (TPSA) is 49.3 Å². The Morgan fingerprint density at radius 1 is 1.41 bits per heavy atom. The van der Waals surface area contributed by atoms with Crippen molar-refractivity contribution in [2.24, 2.45) is 5.92 Å². The van der Waals surface area contributed by atoms with Crippen LogP contribution < -0.4 is 5.32 Å². The molecule has 0 bridgehead atoms. The van der Waals surface area contributed by atoms with Gasteiger partial charge in [0.05, 0.1) is 0 Å². The van der Waals surface area contributed by atoms with E-state index in [2.05, 4.69) is 29.6 Å². The number of hydrogen-bond acceptors (Lipinski definition) is 2. The van der Waals surface area contributed by atoms with E-state index < -0.39 is 5.97 Å². The van der Waals surface area contributed by atoms with E-state index in [0.717, 1.165) is 25.8 Å². The van der Waals surface area contributed by atoms with Gasteiger partial charge in [-0.2, -0.15) is 0 Å². The highest BCUT2D eigenvalue weighted by Crippen LogP contribution is 2.36. The maximum atomic E-state index is 11.1. The minimum Gasteiger partial charge on any atom is -0.480 e. The van der Waals surface area contributed by atoms with Gasteiger partial charge in [-0.25, -0.2) is 0 Å². The zero-order valence-corrected chi connectivity index (χ0v) is 9.73. The molecule has 1 aromatic rings. The minimum atomic E-state index is -0.694. The molecule has 0 radical (unpaired) electrons. The van der Waals surface area contributed by atoms with Gasteiger partial charge in [-0.05, 0) is 36.3 Å². The summed E-state index contributed by atoms with van der Waals surface area (Å²) in [6.07, 6.45) is 3.20. The Labute approximate surface area is 101 Å². The third-order valence-electron chi connectivity index (χ3n) is 3.90. The molecule has 0 aromatic heterocycles. The molecule has 1 fully saturated rings. The highest BCUT2D eigenvalue weighted by Gasteiger charge is 2.37. The average Bonchev–Trinajstić information content (AvgIpc) is 3.08. The molecule has 90 valence electrons. The van der Waals surface area contributed by atoms with Crippen LogP contribution in [0.2, 0.25) is 0 Å². The van der Waals surface area contributed by atoms with Crippen LogP contribution in [-0.2, 0) is 11.2 Å². The Morgan fingerprint density at radius 3 is 2.82 bits per heavy atom. The monoisotopic (exact) mass is 231 g/mol. The molecule has 0 saturated heterocycles. The van der Waals surface area contributed by atoms with Crippen molar-refractivity contribution in [1.82, 2.24) is 5.32 Å². The molecule has 2 aliphatic rings. The highest BCUT2D eigenvalue weighted by atomic mass is 16.4. The summed E-state index contributed by atoms with van der Waals surface area (Å²) in [6, 6.07) is 8.09. The van der Waals surface area contributed by atoms with Gasteiger partial charge in [0.1, 0.15) is 6.04 Å². The fraction of sp³-hybridized carbons (Fsp3) is 0.500. The number of aliphatic carboxylic acids is 1. The van der Waals surface area contributed by atoms with E-state index in [1.807, 2.05) is 0 Å². The van der Waals surface area contributed by atoms with Crippen LogP contribution in [0.3, 0.4) is 0 Å². The summed E-state index contributed by atoms with van der Waals surface area (Å²) in [5.74, 6) is 0.176. The second-order valence-corrected chi connectivity index (χ2v) is 5.16. The van der Waals surface area contributed by atoms with Gasteiger partial charge in [-0.1, -0.05) is 24.3 Å². The SMILES string of the molecule is O=C(O)C(NCC1Cc2ccccc21)C1CC1. The summed E-state index contributed by atoms with van der Waals surface area (Å²) in [4.78, 5) is 11.1. The molecule has 2 N–H and O–H groups in total. The molecule has 3 heteroatoms. The largest absolute Gasteiger partial charge is 0.480 e. The molecule has 2 atom stereocenters. The maximum Gasteiger partial charge on any atom is 0.320 e. The molecule has 2 aliphatic carbocycles. The van der Waals surface area contributed by atoms with E-state index in [1.54, 1.807) is 0 Å². The van der Waals surface area contributed by atoms with Crippen LogP contribution in [-0.4, -0.2) is 23.7 Å². The third kappa shape index (κ3) is 2.07. The first-order chi connectivity index (χ1) is 8.25. The molecular weight excluding hydrogens is 214 g/mol. The van der Waals surface area contributed by atoms with E-state index >= 15 is 0 Å². The lowest BCUT2D eigenvalue weighted by molar-refractivity contribution is -0.140. The fourth-order valence-corrected chi connectivity index (χ4v) is 2.70. The molecule has 0 aliphatic heterocycles. The number of benzene rings is 1. The average molecular weight is 231 g/mol. The van der Waals surface area contributed by atoms with Gasteiger partial charge in [0.25, 0.3) is 0 Å². The van der Waals surface area contributed by atoms with Crippen molar-refractivity contribution in [3.63, 3.8) is 0 Å². The van der Waals surface area contributed by atoms with Crippen molar-refractivity contribution in [2.45, 2.75) is 31.2 Å². The van der Waals surface area contributed by atoms with Gasteiger partial charge >= 0.3 is 5.97 Å². The van der Waals surface area contributed by atoms with Crippen molar-refractivity contribution < 1.29 is 9.90 Å². The van der Waals surface area contributed by atoms with Crippen LogP contribution in [0.4, 0.5) is 0 Å². The lowest BCUT2D eigenvalue weighted by Crippen LogP contribution is -2.42. The molecule has 2 unspecified atom stereocenters. The van der Waals surface area contributed by atoms with Gasteiger partial charge in [0.15, 0.2) is 0 Å². The van der Waals surface area contributed by atoms with Crippen LogP contribution in [0.1, 0.15) is 29.9 Å². The van der Waals surface area contributed by atoms with Gasteiger partial charge in [-0.3, -0.25) is 4.79 Å². The number of hydrogen-bond donors (Lipinski definition) is 2. The molecule has 3 nitrogen and oxygen atoms in total. The first kappa shape index (κ1) is 10.8. The Morgan fingerprint density at radius 2 is 2.18 bits per heavy atom. The second kappa shape index (κ2) is 4.15. The third-order valence-corrected chi connectivity index (χ3v) is 3.90. The number of carboxylic acids is 1. The number of carboxylic acid groups (broad SMARTS) is 1. The molecule has 17 heavy (non-hydrogen) atoms. The van der Waals surface area contributed by atoms with Crippen LogP contribution in [0.5, 0.6) is 0 Å². The molecular formula is C14H17NO2. The maximum absolute atomic E-state index is 11.1. The quantitative estimate of drug-likeness (QED) is 0.812. The molecule has 1 aromatic carbocycles. The van der Waals surface area contributed by atoms with Crippen LogP contribution in [0, 0.1) is 5.92 Å². The number of carbonyl (C=O) groups is 1. The minimum absolute atomic E-state index is 0.331. The van der Waals surface area contributed by atoms with Gasteiger partial charge < -0.3 is 10.4 Å². The standard InChI is InChI=1S/C14H17NO2/c16-14(17)13(9-5-6-9)15-8-11-7-10-3-1-2-4-12(10)11/h1-4,9,11,13,15H,5-8H2,(H,16,17). The number of fused-ring (bicyclic) bond motifs is 1. The lowest BCUT2D eigenvalue weighted by atomic mass is 9.77. The Hall–Kier alpha value is -1.35. The molecule has 1 saturated carbocycles. The van der Waals surface area contributed by atoms with Crippen LogP contribution in [0.15, 0.2) is 24.3 Å². The Bertz CT molecular complexity index is 440. The zero-order chi connectivity index (χ0) is 11.8. The zero-order valence-electron chi connectivity index (χ0n) is 9.73. The van der Waals surface area contributed by atoms with Crippen LogP contribution in [0.25, 0.3) is 0 Å². The summed E-state index contributed by atoms with van der Waals surface area (Å²) in [5, 5.41) is 12.3. The summed E-state index contributed by atoms with van der Waals surface area (Å²) >= 11 is 0. The van der Waals surface area contributed by atoms with E-state index in [-0.39, 0.29) is 6.04 Å². The van der Waals surface area contributed by atoms with Crippen LogP contribution >= 0.6 is 0 Å². The highest BCUT2D eigenvalue weighted by molar-refractivity contribution is 5.74. The Kier molecular flexibility index (Phi) is 2.63. The predicted octanol–water partition coefficient (Wildman–Crippen LogP) is 1.78. The normalized spacial score (nSPS) is 23.6. The summed E-state index contributed by atoms with van der Waals surface area (Å²) in [6.45, 7) is 0.796. The Balaban J connectivity index is 1.57. The van der Waals surface area contributed by atoms with E-state index in [4.69, 9.17) is 5.11 Å². The molecule has 0 amide bonds. The predicted molar refractivity (Wildman–Crippen MR) is 65.0 cm³/mol. The first-order valence-electron chi connectivity index (χ1n) is 6.29. The van der Waals surface area contributed by atoms with Gasteiger partial charge in [0.2, 0.25) is 0 Å². The number of rotatable bonds is 5. The molecule has 0 spiro atoms. The number of nitrogens with one attached hydrogen (secondary N) is 1. The second-order valence-electron chi connectivity index (χ2n) is 5.16. The first-order valence-corrected chi connectivity index (χ1v) is 6.29. The van der Waals surface area contributed by atoms with Crippen molar-refractivity contribution in [3.8, 4) is 0 Å². The lowest BCUT2D eigenvalue weighted by Gasteiger charge is -2.31. The fourth-order valence-electron chi connectivity index (χ4n) is 2.70. The van der Waals surface area contributed by atoms with Crippen molar-refractivity contribution >= 4 is 5.97 Å². The van der Waals surface area contributed by atoms with Crippen molar-refractivity contribution in [3.05, 3.63) is 35.4 Å². The summed E-state index contributed by atoms with van der Waals surface area (Å²) in [7, 11) is 0. The van der Waals surface area contributed by atoms with Crippen molar-refractivity contribution in [1.29, 1.82) is 0 Å². The molecule has 3 rings (SSSR count). The summed E-state index contributed by atoms with van der Waals surface area (Å²) < 4.78 is 0. The molecule has 0 heterocycles. The summed E-state index contributed by atoms with van der Waals surface area (Å²) in [5.41, 5.74) is 2.80. The van der Waals surface area contributed by atoms with Crippen molar-refractivity contribution in [2.75, 3.05) is 6.54 Å². The van der Waals surface area contributed by atoms with E-state index in [1.165, 1.54) is 11.1 Å². The smallest absolute Gasteiger partial charge is 0.320 e. The van der Waals surface area contributed by atoms with E-state index in [9.17, 15) is 4.79 Å². The van der Waals surface area contributed by atoms with Gasteiger partial charge in [0, 0.05) is 12.5 Å². The van der Waals surface area contributed by atoms with E-state index in [0.29, 0.717) is 11.8 Å². The van der Waals surface area contributed by atoms with Gasteiger partial charge in [-0.15, -0.1) is 0 Å².